The lowest BCUT2D eigenvalue weighted by Gasteiger charge is -2.39. The normalized spacial score (nSPS) is 18.8. The summed E-state index contributed by atoms with van der Waals surface area (Å²) in [4.78, 5) is 44.7. The van der Waals surface area contributed by atoms with Crippen molar-refractivity contribution >= 4 is 17.9 Å². The Morgan fingerprint density at radius 2 is 1.67 bits per heavy atom. The van der Waals surface area contributed by atoms with Crippen LogP contribution in [0.1, 0.15) is 76.1 Å². The molecule has 1 saturated heterocycles. The summed E-state index contributed by atoms with van der Waals surface area (Å²) in [6, 6.07) is 13.6. The number of piperidine rings is 1. The first-order chi connectivity index (χ1) is 21.9. The maximum Gasteiger partial charge on any atom is 0.410 e. The van der Waals surface area contributed by atoms with Crippen LogP contribution in [0.4, 0.5) is 4.79 Å². The summed E-state index contributed by atoms with van der Waals surface area (Å²) < 4.78 is 22.6. The predicted molar refractivity (Wildman–Crippen MR) is 176 cm³/mol. The number of carbonyl (C=O) groups is 3. The van der Waals surface area contributed by atoms with E-state index in [1.165, 1.54) is 4.90 Å². The molecule has 1 aliphatic heterocycles. The van der Waals surface area contributed by atoms with E-state index in [9.17, 15) is 14.4 Å². The van der Waals surface area contributed by atoms with Gasteiger partial charge >= 0.3 is 6.09 Å². The van der Waals surface area contributed by atoms with Gasteiger partial charge in [0.2, 0.25) is 11.8 Å². The maximum absolute atomic E-state index is 14.3. The molecule has 10 nitrogen and oxygen atoms in total. The van der Waals surface area contributed by atoms with E-state index in [4.69, 9.17) is 18.9 Å². The lowest BCUT2D eigenvalue weighted by molar-refractivity contribution is -0.140. The summed E-state index contributed by atoms with van der Waals surface area (Å²) >= 11 is 0. The van der Waals surface area contributed by atoms with Gasteiger partial charge in [-0.15, -0.1) is 0 Å². The molecule has 252 valence electrons. The number of nitrogens with zero attached hydrogens (tertiary/aromatic N) is 2. The molecule has 1 N–H and O–H groups in total. The summed E-state index contributed by atoms with van der Waals surface area (Å²) in [5.74, 6) is 0.0496. The quantitative estimate of drug-likeness (QED) is 0.283. The van der Waals surface area contributed by atoms with Crippen molar-refractivity contribution in [2.75, 3.05) is 40.5 Å². The fourth-order valence-electron chi connectivity index (χ4n) is 5.86. The van der Waals surface area contributed by atoms with Gasteiger partial charge in [-0.2, -0.15) is 0 Å². The maximum atomic E-state index is 14.3. The fourth-order valence-corrected chi connectivity index (χ4v) is 5.86. The number of nitrogens with one attached hydrogen (secondary N) is 1. The highest BCUT2D eigenvalue weighted by Crippen LogP contribution is 2.36. The summed E-state index contributed by atoms with van der Waals surface area (Å²) in [5, 5.41) is 3.11. The smallest absolute Gasteiger partial charge is 0.410 e. The molecule has 1 saturated carbocycles. The zero-order valence-corrected chi connectivity index (χ0v) is 28.5. The molecule has 0 bridgehead atoms. The Balaban J connectivity index is 1.55. The van der Waals surface area contributed by atoms with Crippen molar-refractivity contribution in [3.05, 3.63) is 59.2 Å². The first kappa shape index (κ1) is 35.1. The fraction of sp³-hybridized carbons (Fsp3) is 0.583. The van der Waals surface area contributed by atoms with Gasteiger partial charge in [0.05, 0.1) is 31.6 Å². The summed E-state index contributed by atoms with van der Waals surface area (Å²) in [7, 11) is 3.29. The first-order valence-electron chi connectivity index (χ1n) is 16.3. The molecule has 0 spiro atoms. The van der Waals surface area contributed by atoms with E-state index in [0.29, 0.717) is 37.7 Å². The van der Waals surface area contributed by atoms with E-state index in [1.807, 2.05) is 82.0 Å². The van der Waals surface area contributed by atoms with Crippen LogP contribution in [0.2, 0.25) is 0 Å². The lowest BCUT2D eigenvalue weighted by Crippen LogP contribution is -2.53. The van der Waals surface area contributed by atoms with Gasteiger partial charge in [0.25, 0.3) is 0 Å². The van der Waals surface area contributed by atoms with Gasteiger partial charge in [0.1, 0.15) is 17.1 Å². The second-order valence-electron chi connectivity index (χ2n) is 13.5. The molecule has 4 rings (SSSR count). The molecular formula is C36H51N3O7. The molecule has 3 atom stereocenters. The van der Waals surface area contributed by atoms with E-state index in [0.717, 1.165) is 36.0 Å². The van der Waals surface area contributed by atoms with Crippen molar-refractivity contribution in [2.24, 2.45) is 11.8 Å². The van der Waals surface area contributed by atoms with Gasteiger partial charge in [-0.05, 0) is 77.1 Å². The zero-order valence-electron chi connectivity index (χ0n) is 28.5. The number of benzene rings is 2. The summed E-state index contributed by atoms with van der Waals surface area (Å²) in [5.41, 5.74) is 2.07. The Morgan fingerprint density at radius 3 is 2.30 bits per heavy atom. The Labute approximate surface area is 273 Å². The van der Waals surface area contributed by atoms with E-state index in [-0.39, 0.29) is 37.0 Å². The molecule has 0 aromatic heterocycles. The van der Waals surface area contributed by atoms with Crippen molar-refractivity contribution in [1.82, 2.24) is 15.1 Å². The van der Waals surface area contributed by atoms with E-state index < -0.39 is 23.5 Å². The van der Waals surface area contributed by atoms with Crippen LogP contribution in [-0.2, 0) is 25.6 Å². The van der Waals surface area contributed by atoms with Crippen LogP contribution in [0, 0.1) is 18.8 Å². The molecule has 2 fully saturated rings. The number of hydrogen-bond donors (Lipinski definition) is 1. The minimum Gasteiger partial charge on any atom is -0.496 e. The molecule has 46 heavy (non-hydrogen) atoms. The van der Waals surface area contributed by atoms with Crippen molar-refractivity contribution in [2.45, 2.75) is 84.5 Å². The van der Waals surface area contributed by atoms with Gasteiger partial charge < -0.3 is 34.1 Å². The molecule has 2 aromatic rings. The molecule has 0 radical (unpaired) electrons. The van der Waals surface area contributed by atoms with E-state index >= 15 is 0 Å². The van der Waals surface area contributed by atoms with E-state index in [1.54, 1.807) is 14.2 Å². The molecule has 1 aliphatic carbocycles. The third-order valence-corrected chi connectivity index (χ3v) is 8.45. The van der Waals surface area contributed by atoms with Gasteiger partial charge in [-0.25, -0.2) is 4.79 Å². The van der Waals surface area contributed by atoms with Crippen LogP contribution in [0.15, 0.2) is 42.5 Å². The monoisotopic (exact) mass is 637 g/mol. The highest BCUT2D eigenvalue weighted by Gasteiger charge is 2.43. The van der Waals surface area contributed by atoms with Crippen molar-refractivity contribution in [3.8, 4) is 11.5 Å². The molecule has 10 heteroatoms. The largest absolute Gasteiger partial charge is 0.496 e. The van der Waals surface area contributed by atoms with Gasteiger partial charge in [-0.3, -0.25) is 9.59 Å². The first-order valence-corrected chi connectivity index (χ1v) is 16.3. The standard InChI is InChI=1S/C36H51N3O7/c1-24-31(44-7)18-26(19-32(24)45-17-11-16-43-6)21-39(30-14-15-30)34(41)29-20-28(22-38(23-29)35(42)46-36(3,4)5)33(40)37-25(2)27-12-9-8-10-13-27/h8-10,12-13,18-19,25,28-30H,11,14-17,20-23H2,1-7H3,(H,37,40)/t25-,28-,29+/m0/s1. The number of methoxy groups -OCH3 is 2. The molecule has 0 unspecified atom stereocenters. The van der Waals surface area contributed by atoms with Crippen LogP contribution < -0.4 is 14.8 Å². The molecule has 1 heterocycles. The molecule has 2 aromatic carbocycles. The predicted octanol–water partition coefficient (Wildman–Crippen LogP) is 5.66. The minimum absolute atomic E-state index is 0.0632. The summed E-state index contributed by atoms with van der Waals surface area (Å²) in [6.07, 6.45) is 2.41. The Bertz CT molecular complexity index is 1340. The molecule has 3 amide bonds. The third-order valence-electron chi connectivity index (χ3n) is 8.45. The Hall–Kier alpha value is -3.79. The van der Waals surface area contributed by atoms with Gasteiger partial charge in [-0.1, -0.05) is 30.3 Å². The average molecular weight is 638 g/mol. The van der Waals surface area contributed by atoms with Crippen LogP contribution in [0.25, 0.3) is 0 Å². The lowest BCUT2D eigenvalue weighted by atomic mass is 9.87. The molecular weight excluding hydrogens is 586 g/mol. The van der Waals surface area contributed by atoms with Crippen LogP contribution in [-0.4, -0.2) is 79.9 Å². The summed E-state index contributed by atoms with van der Waals surface area (Å²) in [6.45, 7) is 11.2. The van der Waals surface area contributed by atoms with Crippen molar-refractivity contribution in [3.63, 3.8) is 0 Å². The van der Waals surface area contributed by atoms with Crippen molar-refractivity contribution in [1.29, 1.82) is 0 Å². The number of hydrogen-bond acceptors (Lipinski definition) is 7. The van der Waals surface area contributed by atoms with Crippen molar-refractivity contribution < 1.29 is 33.3 Å². The van der Waals surface area contributed by atoms with Gasteiger partial charge in [0, 0.05) is 51.4 Å². The zero-order chi connectivity index (χ0) is 33.4. The number of carbonyl (C=O) groups excluding carboxylic acids is 3. The Morgan fingerprint density at radius 1 is 1.00 bits per heavy atom. The second kappa shape index (κ2) is 15.7. The topological polar surface area (TPSA) is 107 Å². The van der Waals surface area contributed by atoms with Crippen LogP contribution in [0.5, 0.6) is 11.5 Å². The second-order valence-corrected chi connectivity index (χ2v) is 13.5. The Kier molecular flexibility index (Phi) is 11.9. The third kappa shape index (κ3) is 9.61. The number of likely N-dealkylation sites (tertiary alicyclic amines) is 1. The average Bonchev–Trinajstić information content (AvgIpc) is 3.87. The number of ether oxygens (including phenoxy) is 4. The minimum atomic E-state index is -0.707. The highest BCUT2D eigenvalue weighted by atomic mass is 16.6. The molecule has 2 aliphatic rings. The van der Waals surface area contributed by atoms with Gasteiger partial charge in [0.15, 0.2) is 0 Å². The van der Waals surface area contributed by atoms with Crippen LogP contribution >= 0.6 is 0 Å². The number of rotatable bonds is 13. The van der Waals surface area contributed by atoms with Crippen LogP contribution in [0.3, 0.4) is 0 Å². The van der Waals surface area contributed by atoms with E-state index in [2.05, 4.69) is 5.32 Å². The highest BCUT2D eigenvalue weighted by molar-refractivity contribution is 5.85. The SMILES string of the molecule is COCCCOc1cc(CN(C(=O)[C@@H]2C[C@H](C(=O)N[C@@H](C)c3ccccc3)CN(C(=O)OC(C)(C)C)C2)C2CC2)cc(OC)c1C. The number of amides is 3.